The highest BCUT2D eigenvalue weighted by molar-refractivity contribution is 9.10. The standard InChI is InChI=1S/C15H15BrClN3/c16-14-11-18-6-5-15(14)20-9-7-19(8-10-20)13-3-1-12(17)2-4-13/h1-6,11H,7-10H2. The molecule has 104 valence electrons. The molecule has 1 fully saturated rings. The molecule has 5 heteroatoms. The fraction of sp³-hybridized carbons (Fsp3) is 0.267. The van der Waals surface area contributed by atoms with Crippen LogP contribution in [0.2, 0.25) is 5.02 Å². The van der Waals surface area contributed by atoms with E-state index in [0.29, 0.717) is 0 Å². The minimum Gasteiger partial charge on any atom is -0.368 e. The van der Waals surface area contributed by atoms with Crippen LogP contribution in [0.5, 0.6) is 0 Å². The molecule has 0 amide bonds. The number of pyridine rings is 1. The molecule has 2 aromatic rings. The quantitative estimate of drug-likeness (QED) is 0.819. The SMILES string of the molecule is Clc1ccc(N2CCN(c3ccncc3Br)CC2)cc1. The van der Waals surface area contributed by atoms with Gasteiger partial charge >= 0.3 is 0 Å². The Hall–Kier alpha value is -1.26. The summed E-state index contributed by atoms with van der Waals surface area (Å²) in [5.41, 5.74) is 2.46. The maximum atomic E-state index is 5.93. The zero-order valence-electron chi connectivity index (χ0n) is 11.0. The second kappa shape index (κ2) is 6.02. The van der Waals surface area contributed by atoms with Crippen molar-refractivity contribution in [2.75, 3.05) is 36.0 Å². The number of aromatic nitrogens is 1. The minimum absolute atomic E-state index is 0.785. The van der Waals surface area contributed by atoms with Crippen LogP contribution in [0.3, 0.4) is 0 Å². The molecular weight excluding hydrogens is 338 g/mol. The average molecular weight is 353 g/mol. The molecule has 3 nitrogen and oxygen atoms in total. The van der Waals surface area contributed by atoms with Gasteiger partial charge in [-0.05, 0) is 46.3 Å². The second-order valence-corrected chi connectivity index (χ2v) is 6.07. The number of nitrogens with zero attached hydrogens (tertiary/aromatic N) is 3. The molecule has 1 saturated heterocycles. The number of anilines is 2. The Labute approximate surface area is 132 Å². The zero-order valence-corrected chi connectivity index (χ0v) is 13.3. The van der Waals surface area contributed by atoms with Crippen LogP contribution in [0.1, 0.15) is 0 Å². The maximum Gasteiger partial charge on any atom is 0.0592 e. The van der Waals surface area contributed by atoms with Gasteiger partial charge in [0.2, 0.25) is 0 Å². The molecule has 20 heavy (non-hydrogen) atoms. The van der Waals surface area contributed by atoms with Crippen LogP contribution in [0, 0.1) is 0 Å². The van der Waals surface area contributed by atoms with Gasteiger partial charge in [0.05, 0.1) is 10.2 Å². The smallest absolute Gasteiger partial charge is 0.0592 e. The number of rotatable bonds is 2. The molecule has 1 aliphatic rings. The van der Waals surface area contributed by atoms with Crippen molar-refractivity contribution in [1.29, 1.82) is 0 Å². The van der Waals surface area contributed by atoms with Gasteiger partial charge in [0.25, 0.3) is 0 Å². The van der Waals surface area contributed by atoms with Crippen molar-refractivity contribution >= 4 is 38.9 Å². The average Bonchev–Trinajstić information content (AvgIpc) is 2.49. The van der Waals surface area contributed by atoms with Gasteiger partial charge in [0.1, 0.15) is 0 Å². The first kappa shape index (κ1) is 13.7. The molecule has 0 spiro atoms. The molecule has 0 N–H and O–H groups in total. The highest BCUT2D eigenvalue weighted by atomic mass is 79.9. The van der Waals surface area contributed by atoms with Gasteiger partial charge in [-0.2, -0.15) is 0 Å². The van der Waals surface area contributed by atoms with Gasteiger partial charge in [0, 0.05) is 49.3 Å². The Bertz CT molecular complexity index is 580. The zero-order chi connectivity index (χ0) is 13.9. The molecular formula is C15H15BrClN3. The van der Waals surface area contributed by atoms with E-state index in [2.05, 4.69) is 48.9 Å². The first-order valence-electron chi connectivity index (χ1n) is 6.59. The van der Waals surface area contributed by atoms with E-state index in [4.69, 9.17) is 11.6 Å². The third-order valence-corrected chi connectivity index (χ3v) is 4.43. The molecule has 0 bridgehead atoms. The molecule has 1 aliphatic heterocycles. The maximum absolute atomic E-state index is 5.93. The Kier molecular flexibility index (Phi) is 4.13. The van der Waals surface area contributed by atoms with Crippen LogP contribution in [0.25, 0.3) is 0 Å². The van der Waals surface area contributed by atoms with Crippen LogP contribution >= 0.6 is 27.5 Å². The fourth-order valence-electron chi connectivity index (χ4n) is 2.48. The van der Waals surface area contributed by atoms with Crippen LogP contribution in [-0.4, -0.2) is 31.2 Å². The Morgan fingerprint density at radius 2 is 1.60 bits per heavy atom. The van der Waals surface area contributed by atoms with Crippen LogP contribution in [-0.2, 0) is 0 Å². The Balaban J connectivity index is 1.68. The number of hydrogen-bond donors (Lipinski definition) is 0. The third kappa shape index (κ3) is 2.91. The minimum atomic E-state index is 0.785. The largest absolute Gasteiger partial charge is 0.368 e. The fourth-order valence-corrected chi connectivity index (χ4v) is 3.11. The summed E-state index contributed by atoms with van der Waals surface area (Å²) in [4.78, 5) is 8.89. The van der Waals surface area contributed by atoms with Crippen molar-refractivity contribution in [2.24, 2.45) is 0 Å². The second-order valence-electron chi connectivity index (χ2n) is 4.78. The highest BCUT2D eigenvalue weighted by Gasteiger charge is 2.18. The van der Waals surface area contributed by atoms with Crippen molar-refractivity contribution in [2.45, 2.75) is 0 Å². The van der Waals surface area contributed by atoms with Gasteiger partial charge in [0.15, 0.2) is 0 Å². The molecule has 0 radical (unpaired) electrons. The number of benzene rings is 1. The van der Waals surface area contributed by atoms with E-state index in [1.54, 1.807) is 0 Å². The number of halogens is 2. The lowest BCUT2D eigenvalue weighted by Gasteiger charge is -2.37. The highest BCUT2D eigenvalue weighted by Crippen LogP contribution is 2.27. The van der Waals surface area contributed by atoms with Crippen molar-refractivity contribution in [3.05, 3.63) is 52.2 Å². The monoisotopic (exact) mass is 351 g/mol. The van der Waals surface area contributed by atoms with Gasteiger partial charge in [-0.25, -0.2) is 0 Å². The van der Waals surface area contributed by atoms with E-state index >= 15 is 0 Å². The molecule has 1 aromatic heterocycles. The molecule has 2 heterocycles. The van der Waals surface area contributed by atoms with E-state index in [-0.39, 0.29) is 0 Å². The summed E-state index contributed by atoms with van der Waals surface area (Å²) < 4.78 is 1.06. The van der Waals surface area contributed by atoms with Crippen molar-refractivity contribution in [3.63, 3.8) is 0 Å². The first-order chi connectivity index (χ1) is 9.74. The summed E-state index contributed by atoms with van der Waals surface area (Å²) in [6, 6.07) is 10.1. The van der Waals surface area contributed by atoms with Crippen molar-refractivity contribution in [1.82, 2.24) is 4.98 Å². The Morgan fingerprint density at radius 3 is 2.25 bits per heavy atom. The lowest BCUT2D eigenvalue weighted by molar-refractivity contribution is 0.652. The summed E-state index contributed by atoms with van der Waals surface area (Å²) >= 11 is 9.50. The van der Waals surface area contributed by atoms with E-state index in [1.165, 1.54) is 11.4 Å². The van der Waals surface area contributed by atoms with Crippen molar-refractivity contribution < 1.29 is 0 Å². The van der Waals surface area contributed by atoms with Gasteiger partial charge in [-0.15, -0.1) is 0 Å². The molecule has 0 atom stereocenters. The molecule has 0 unspecified atom stereocenters. The topological polar surface area (TPSA) is 19.4 Å². The first-order valence-corrected chi connectivity index (χ1v) is 7.76. The summed E-state index contributed by atoms with van der Waals surface area (Å²) in [5, 5.41) is 0.785. The molecule has 1 aromatic carbocycles. The number of piperazine rings is 1. The molecule has 0 aliphatic carbocycles. The van der Waals surface area contributed by atoms with Gasteiger partial charge in [-0.3, -0.25) is 4.98 Å². The predicted molar refractivity (Wildman–Crippen MR) is 87.8 cm³/mol. The third-order valence-electron chi connectivity index (χ3n) is 3.56. The van der Waals surface area contributed by atoms with E-state index in [1.807, 2.05) is 24.5 Å². The predicted octanol–water partition coefficient (Wildman–Crippen LogP) is 3.82. The van der Waals surface area contributed by atoms with Crippen LogP contribution in [0.15, 0.2) is 47.2 Å². The number of hydrogen-bond acceptors (Lipinski definition) is 3. The van der Waals surface area contributed by atoms with E-state index < -0.39 is 0 Å². The van der Waals surface area contributed by atoms with Crippen LogP contribution in [0.4, 0.5) is 11.4 Å². The lowest BCUT2D eigenvalue weighted by atomic mass is 10.2. The van der Waals surface area contributed by atoms with E-state index in [0.717, 1.165) is 35.7 Å². The van der Waals surface area contributed by atoms with E-state index in [9.17, 15) is 0 Å². The summed E-state index contributed by atoms with van der Waals surface area (Å²) in [5.74, 6) is 0. The van der Waals surface area contributed by atoms with Gasteiger partial charge in [-0.1, -0.05) is 11.6 Å². The molecule has 0 saturated carbocycles. The molecule has 3 rings (SSSR count). The normalized spacial score (nSPS) is 15.5. The Morgan fingerprint density at radius 1 is 0.950 bits per heavy atom. The lowest BCUT2D eigenvalue weighted by Crippen LogP contribution is -2.46. The summed E-state index contributed by atoms with van der Waals surface area (Å²) in [6.45, 7) is 4.03. The van der Waals surface area contributed by atoms with Crippen molar-refractivity contribution in [3.8, 4) is 0 Å². The van der Waals surface area contributed by atoms with Gasteiger partial charge < -0.3 is 9.80 Å². The summed E-state index contributed by atoms with van der Waals surface area (Å²) in [6.07, 6.45) is 3.69. The summed E-state index contributed by atoms with van der Waals surface area (Å²) in [7, 11) is 0. The van der Waals surface area contributed by atoms with Crippen LogP contribution < -0.4 is 9.80 Å².